The van der Waals surface area contributed by atoms with Crippen LogP contribution in [-0.4, -0.2) is 11.5 Å². The summed E-state index contributed by atoms with van der Waals surface area (Å²) >= 11 is 1.81. The van der Waals surface area contributed by atoms with Gasteiger partial charge in [0.25, 0.3) is 0 Å². The predicted molar refractivity (Wildman–Crippen MR) is 87.4 cm³/mol. The zero-order valence-corrected chi connectivity index (χ0v) is 13.5. The Morgan fingerprint density at radius 1 is 1.15 bits per heavy atom. The van der Waals surface area contributed by atoms with E-state index >= 15 is 0 Å². The number of benzene rings is 1. The van der Waals surface area contributed by atoms with Gasteiger partial charge in [-0.2, -0.15) is 0 Å². The molecule has 0 amide bonds. The highest BCUT2D eigenvalue weighted by Crippen LogP contribution is 2.24. The van der Waals surface area contributed by atoms with Crippen molar-refractivity contribution in [1.82, 2.24) is 10.3 Å². The average Bonchev–Trinajstić information content (AvgIpc) is 2.78. The molecular formula is C17H24N2S. The maximum atomic E-state index is 4.49. The van der Waals surface area contributed by atoms with Crippen LogP contribution < -0.4 is 5.32 Å². The number of aryl methyl sites for hydroxylation is 3. The number of thiazole rings is 1. The van der Waals surface area contributed by atoms with Crippen molar-refractivity contribution >= 4 is 11.3 Å². The molecule has 1 heterocycles. The van der Waals surface area contributed by atoms with Crippen molar-refractivity contribution in [2.75, 3.05) is 6.54 Å². The molecule has 0 saturated carbocycles. The number of nitrogens with one attached hydrogen (secondary N) is 1. The quantitative estimate of drug-likeness (QED) is 0.762. The van der Waals surface area contributed by atoms with Crippen LogP contribution in [0, 0.1) is 13.8 Å². The van der Waals surface area contributed by atoms with E-state index in [0.717, 1.165) is 11.6 Å². The first kappa shape index (κ1) is 15.2. The first-order chi connectivity index (χ1) is 9.66. The molecule has 2 nitrogen and oxygen atoms in total. The first-order valence-electron chi connectivity index (χ1n) is 7.38. The van der Waals surface area contributed by atoms with E-state index in [4.69, 9.17) is 0 Å². The number of unbranched alkanes of at least 4 members (excludes halogenated alkanes) is 1. The maximum absolute atomic E-state index is 4.49. The molecular weight excluding hydrogens is 264 g/mol. The largest absolute Gasteiger partial charge is 0.309 e. The number of nitrogens with zero attached hydrogens (tertiary/aromatic N) is 1. The lowest BCUT2D eigenvalue weighted by molar-refractivity contribution is 0.550. The molecule has 0 saturated heterocycles. The van der Waals surface area contributed by atoms with E-state index in [-0.39, 0.29) is 0 Å². The summed E-state index contributed by atoms with van der Waals surface area (Å²) in [7, 11) is 0. The molecule has 1 aromatic carbocycles. The molecule has 2 aromatic rings. The molecule has 0 aliphatic heterocycles. The van der Waals surface area contributed by atoms with Gasteiger partial charge in [-0.25, -0.2) is 4.98 Å². The average molecular weight is 288 g/mol. The van der Waals surface area contributed by atoms with Gasteiger partial charge in [-0.3, -0.25) is 0 Å². The zero-order chi connectivity index (χ0) is 14.4. The Balaban J connectivity index is 1.67. The van der Waals surface area contributed by atoms with Crippen molar-refractivity contribution < 1.29 is 0 Å². The van der Waals surface area contributed by atoms with Crippen LogP contribution in [0.2, 0.25) is 0 Å². The number of hydrogen-bond donors (Lipinski definition) is 1. The fourth-order valence-corrected chi connectivity index (χ4v) is 3.41. The van der Waals surface area contributed by atoms with Gasteiger partial charge in [-0.15, -0.1) is 11.3 Å². The molecule has 0 aliphatic rings. The number of aromatic nitrogens is 1. The van der Waals surface area contributed by atoms with Crippen LogP contribution in [-0.2, 0) is 6.42 Å². The second-order valence-electron chi connectivity index (χ2n) is 5.30. The normalized spacial score (nSPS) is 12.6. The fourth-order valence-electron chi connectivity index (χ4n) is 2.46. The minimum atomic E-state index is 0.415. The highest BCUT2D eigenvalue weighted by Gasteiger charge is 2.11. The van der Waals surface area contributed by atoms with E-state index in [0.29, 0.717) is 6.04 Å². The van der Waals surface area contributed by atoms with Crippen LogP contribution in [0.5, 0.6) is 0 Å². The molecule has 1 atom stereocenters. The van der Waals surface area contributed by atoms with Crippen molar-refractivity contribution in [1.29, 1.82) is 0 Å². The van der Waals surface area contributed by atoms with Gasteiger partial charge >= 0.3 is 0 Å². The van der Waals surface area contributed by atoms with E-state index in [1.807, 2.05) is 11.3 Å². The third-order valence-corrected chi connectivity index (χ3v) is 4.77. The summed E-state index contributed by atoms with van der Waals surface area (Å²) in [6, 6.07) is 11.1. The van der Waals surface area contributed by atoms with Crippen molar-refractivity contribution in [2.45, 2.75) is 46.1 Å². The second-order valence-corrected chi connectivity index (χ2v) is 6.54. The van der Waals surface area contributed by atoms with E-state index in [2.05, 4.69) is 61.4 Å². The van der Waals surface area contributed by atoms with Gasteiger partial charge in [0.1, 0.15) is 0 Å². The SMILES string of the molecule is Cc1nc(C)c(C(C)NCCCCc2ccccc2)s1. The Hall–Kier alpha value is -1.19. The van der Waals surface area contributed by atoms with Crippen molar-refractivity contribution in [3.8, 4) is 0 Å². The standard InChI is InChI=1S/C17H24N2S/c1-13(17-14(2)19-15(3)20-17)18-12-8-7-11-16-9-5-4-6-10-16/h4-6,9-10,13,18H,7-8,11-12H2,1-3H3. The molecule has 3 heteroatoms. The van der Waals surface area contributed by atoms with Gasteiger partial charge in [0.15, 0.2) is 0 Å². The highest BCUT2D eigenvalue weighted by molar-refractivity contribution is 7.11. The molecule has 1 N–H and O–H groups in total. The molecule has 2 rings (SSSR count). The van der Waals surface area contributed by atoms with Crippen LogP contribution >= 0.6 is 11.3 Å². The van der Waals surface area contributed by atoms with Gasteiger partial charge < -0.3 is 5.32 Å². The Bertz CT molecular complexity index is 519. The van der Waals surface area contributed by atoms with Crippen LogP contribution in [0.4, 0.5) is 0 Å². The van der Waals surface area contributed by atoms with Gasteiger partial charge in [0.05, 0.1) is 10.7 Å². The lowest BCUT2D eigenvalue weighted by Crippen LogP contribution is -2.19. The van der Waals surface area contributed by atoms with Gasteiger partial charge in [0, 0.05) is 10.9 Å². The lowest BCUT2D eigenvalue weighted by atomic mass is 10.1. The van der Waals surface area contributed by atoms with Gasteiger partial charge in [0.2, 0.25) is 0 Å². The highest BCUT2D eigenvalue weighted by atomic mass is 32.1. The molecule has 1 aromatic heterocycles. The molecule has 0 bridgehead atoms. The van der Waals surface area contributed by atoms with Crippen LogP contribution in [0.25, 0.3) is 0 Å². The maximum Gasteiger partial charge on any atom is 0.0900 e. The third-order valence-electron chi connectivity index (χ3n) is 3.52. The lowest BCUT2D eigenvalue weighted by Gasteiger charge is -2.12. The monoisotopic (exact) mass is 288 g/mol. The van der Waals surface area contributed by atoms with Crippen molar-refractivity contribution in [3.63, 3.8) is 0 Å². The topological polar surface area (TPSA) is 24.9 Å². The molecule has 108 valence electrons. The molecule has 20 heavy (non-hydrogen) atoms. The van der Waals surface area contributed by atoms with Crippen molar-refractivity contribution in [3.05, 3.63) is 51.5 Å². The van der Waals surface area contributed by atoms with Crippen LogP contribution in [0.15, 0.2) is 30.3 Å². The van der Waals surface area contributed by atoms with Gasteiger partial charge in [-0.05, 0) is 52.1 Å². The summed E-state index contributed by atoms with van der Waals surface area (Å²) in [5.41, 5.74) is 2.62. The molecule has 1 unspecified atom stereocenters. The minimum absolute atomic E-state index is 0.415. The zero-order valence-electron chi connectivity index (χ0n) is 12.6. The van der Waals surface area contributed by atoms with Gasteiger partial charge in [-0.1, -0.05) is 30.3 Å². The molecule has 0 spiro atoms. The molecule has 0 aliphatic carbocycles. The summed E-state index contributed by atoms with van der Waals surface area (Å²) in [5.74, 6) is 0. The van der Waals surface area contributed by atoms with E-state index in [1.165, 1.54) is 35.4 Å². The van der Waals surface area contributed by atoms with Crippen LogP contribution in [0.3, 0.4) is 0 Å². The summed E-state index contributed by atoms with van der Waals surface area (Å²) < 4.78 is 0. The number of hydrogen-bond acceptors (Lipinski definition) is 3. The summed E-state index contributed by atoms with van der Waals surface area (Å²) in [5, 5.41) is 4.77. The summed E-state index contributed by atoms with van der Waals surface area (Å²) in [6.45, 7) is 7.49. The Morgan fingerprint density at radius 3 is 2.55 bits per heavy atom. The smallest absolute Gasteiger partial charge is 0.0900 e. The Morgan fingerprint density at radius 2 is 1.90 bits per heavy atom. The third kappa shape index (κ3) is 4.43. The Kier molecular flexibility index (Phi) is 5.74. The van der Waals surface area contributed by atoms with E-state index in [1.54, 1.807) is 0 Å². The fraction of sp³-hybridized carbons (Fsp3) is 0.471. The number of rotatable bonds is 7. The predicted octanol–water partition coefficient (Wildman–Crippen LogP) is 4.43. The van der Waals surface area contributed by atoms with E-state index in [9.17, 15) is 0 Å². The summed E-state index contributed by atoms with van der Waals surface area (Å²) in [4.78, 5) is 5.87. The van der Waals surface area contributed by atoms with E-state index < -0.39 is 0 Å². The van der Waals surface area contributed by atoms with Crippen molar-refractivity contribution in [2.24, 2.45) is 0 Å². The van der Waals surface area contributed by atoms with Crippen LogP contribution in [0.1, 0.15) is 46.9 Å². The first-order valence-corrected chi connectivity index (χ1v) is 8.19. The molecule has 0 fully saturated rings. The Labute approximate surface area is 126 Å². The summed E-state index contributed by atoms with van der Waals surface area (Å²) in [6.07, 6.45) is 3.64. The minimum Gasteiger partial charge on any atom is -0.309 e. The second kappa shape index (κ2) is 7.55. The molecule has 0 radical (unpaired) electrons.